The second-order valence-electron chi connectivity index (χ2n) is 5.11. The summed E-state index contributed by atoms with van der Waals surface area (Å²) in [5, 5.41) is 3.70. The summed E-state index contributed by atoms with van der Waals surface area (Å²) in [5.74, 6) is 1.39. The second-order valence-corrected chi connectivity index (χ2v) is 5.11. The molecule has 2 heteroatoms. The Balaban J connectivity index is 2.51. The topological polar surface area (TPSA) is 21.3 Å². The lowest BCUT2D eigenvalue weighted by Gasteiger charge is -2.36. The molecule has 84 valence electrons. The van der Waals surface area contributed by atoms with E-state index in [-0.39, 0.29) is 0 Å². The summed E-state index contributed by atoms with van der Waals surface area (Å²) in [7, 11) is 1.79. The molecule has 1 fully saturated rings. The highest BCUT2D eigenvalue weighted by molar-refractivity contribution is 4.96. The van der Waals surface area contributed by atoms with Crippen LogP contribution in [0.3, 0.4) is 0 Å². The van der Waals surface area contributed by atoms with Gasteiger partial charge in [-0.25, -0.2) is 0 Å². The van der Waals surface area contributed by atoms with Gasteiger partial charge in [0.2, 0.25) is 0 Å². The highest BCUT2D eigenvalue weighted by atomic mass is 16.5. The third-order valence-electron chi connectivity index (χ3n) is 3.55. The number of rotatable bonds is 5. The third-order valence-corrected chi connectivity index (χ3v) is 3.55. The van der Waals surface area contributed by atoms with Gasteiger partial charge in [0.15, 0.2) is 0 Å². The van der Waals surface area contributed by atoms with Crippen LogP contribution < -0.4 is 5.32 Å². The van der Waals surface area contributed by atoms with Gasteiger partial charge in [0.1, 0.15) is 0 Å². The van der Waals surface area contributed by atoms with E-state index in [0.717, 1.165) is 12.5 Å². The Labute approximate surface area is 88.4 Å². The van der Waals surface area contributed by atoms with Crippen LogP contribution in [0.2, 0.25) is 0 Å². The van der Waals surface area contributed by atoms with Crippen molar-refractivity contribution < 1.29 is 4.74 Å². The SMILES string of the molecule is COCC(C)CC1(C(C)C)CCCN1. The van der Waals surface area contributed by atoms with Gasteiger partial charge in [-0.1, -0.05) is 20.8 Å². The number of hydrogen-bond acceptors (Lipinski definition) is 2. The molecule has 0 radical (unpaired) electrons. The number of nitrogens with one attached hydrogen (secondary N) is 1. The highest BCUT2D eigenvalue weighted by Gasteiger charge is 2.37. The summed E-state index contributed by atoms with van der Waals surface area (Å²) in [4.78, 5) is 0. The van der Waals surface area contributed by atoms with Gasteiger partial charge in [-0.2, -0.15) is 0 Å². The molecule has 1 N–H and O–H groups in total. The minimum absolute atomic E-state index is 0.387. The van der Waals surface area contributed by atoms with E-state index in [1.54, 1.807) is 7.11 Å². The lowest BCUT2D eigenvalue weighted by Crippen LogP contribution is -2.46. The Hall–Kier alpha value is -0.0800. The van der Waals surface area contributed by atoms with Crippen LogP contribution in [-0.2, 0) is 4.74 Å². The first kappa shape index (κ1) is 12.0. The van der Waals surface area contributed by atoms with E-state index < -0.39 is 0 Å². The van der Waals surface area contributed by atoms with Crippen molar-refractivity contribution in [1.29, 1.82) is 0 Å². The van der Waals surface area contributed by atoms with Gasteiger partial charge >= 0.3 is 0 Å². The zero-order valence-corrected chi connectivity index (χ0v) is 10.1. The number of ether oxygens (including phenoxy) is 1. The summed E-state index contributed by atoms with van der Waals surface area (Å²) in [6.07, 6.45) is 3.91. The fourth-order valence-electron chi connectivity index (χ4n) is 2.70. The van der Waals surface area contributed by atoms with Gasteiger partial charge in [-0.15, -0.1) is 0 Å². The minimum Gasteiger partial charge on any atom is -0.384 e. The molecule has 0 aromatic carbocycles. The van der Waals surface area contributed by atoms with E-state index in [2.05, 4.69) is 26.1 Å². The zero-order valence-electron chi connectivity index (χ0n) is 10.1. The molecule has 1 saturated heterocycles. The minimum atomic E-state index is 0.387. The van der Waals surface area contributed by atoms with Crippen LogP contribution in [0.4, 0.5) is 0 Å². The van der Waals surface area contributed by atoms with E-state index in [0.29, 0.717) is 11.5 Å². The van der Waals surface area contributed by atoms with Gasteiger partial charge in [0, 0.05) is 19.3 Å². The van der Waals surface area contributed by atoms with Crippen LogP contribution in [0.5, 0.6) is 0 Å². The highest BCUT2D eigenvalue weighted by Crippen LogP contribution is 2.33. The van der Waals surface area contributed by atoms with Gasteiger partial charge < -0.3 is 10.1 Å². The Morgan fingerprint density at radius 1 is 1.36 bits per heavy atom. The van der Waals surface area contributed by atoms with E-state index in [1.165, 1.54) is 25.8 Å². The fraction of sp³-hybridized carbons (Fsp3) is 1.00. The summed E-state index contributed by atoms with van der Waals surface area (Å²) in [6.45, 7) is 9.03. The molecule has 2 unspecified atom stereocenters. The first-order valence-corrected chi connectivity index (χ1v) is 5.84. The average molecular weight is 199 g/mol. The predicted octanol–water partition coefficient (Wildman–Crippen LogP) is 2.44. The van der Waals surface area contributed by atoms with Gasteiger partial charge in [0.05, 0.1) is 0 Å². The molecular formula is C12H25NO. The molecule has 2 atom stereocenters. The molecule has 0 spiro atoms. The molecular weight excluding hydrogens is 174 g/mol. The van der Waals surface area contributed by atoms with Crippen molar-refractivity contribution in [1.82, 2.24) is 5.32 Å². The average Bonchev–Trinajstić information content (AvgIpc) is 2.54. The molecule has 1 heterocycles. The Morgan fingerprint density at radius 3 is 2.50 bits per heavy atom. The lowest BCUT2D eigenvalue weighted by molar-refractivity contribution is 0.123. The largest absolute Gasteiger partial charge is 0.384 e. The van der Waals surface area contributed by atoms with E-state index in [1.807, 2.05) is 0 Å². The smallest absolute Gasteiger partial charge is 0.0488 e. The van der Waals surface area contributed by atoms with Crippen molar-refractivity contribution in [3.63, 3.8) is 0 Å². The van der Waals surface area contributed by atoms with Crippen molar-refractivity contribution in [3.05, 3.63) is 0 Å². The zero-order chi connectivity index (χ0) is 10.6. The van der Waals surface area contributed by atoms with Crippen molar-refractivity contribution in [2.75, 3.05) is 20.3 Å². The summed E-state index contributed by atoms with van der Waals surface area (Å²) in [5.41, 5.74) is 0.387. The first-order chi connectivity index (χ1) is 6.60. The fourth-order valence-corrected chi connectivity index (χ4v) is 2.70. The Kier molecular flexibility index (Phi) is 4.39. The number of hydrogen-bond donors (Lipinski definition) is 1. The molecule has 14 heavy (non-hydrogen) atoms. The first-order valence-electron chi connectivity index (χ1n) is 5.84. The monoisotopic (exact) mass is 199 g/mol. The van der Waals surface area contributed by atoms with Crippen molar-refractivity contribution in [2.24, 2.45) is 11.8 Å². The maximum Gasteiger partial charge on any atom is 0.0488 e. The molecule has 1 rings (SSSR count). The normalized spacial score (nSPS) is 29.8. The summed E-state index contributed by atoms with van der Waals surface area (Å²) < 4.78 is 5.21. The van der Waals surface area contributed by atoms with Crippen molar-refractivity contribution in [2.45, 2.75) is 45.6 Å². The van der Waals surface area contributed by atoms with Crippen LogP contribution in [-0.4, -0.2) is 25.8 Å². The molecule has 1 aliphatic rings. The van der Waals surface area contributed by atoms with Crippen LogP contribution in [0.1, 0.15) is 40.0 Å². The maximum atomic E-state index is 5.21. The van der Waals surface area contributed by atoms with E-state index in [4.69, 9.17) is 4.74 Å². The summed E-state index contributed by atoms with van der Waals surface area (Å²) in [6, 6.07) is 0. The third kappa shape index (κ3) is 2.71. The quantitative estimate of drug-likeness (QED) is 0.734. The van der Waals surface area contributed by atoms with Crippen LogP contribution in [0.15, 0.2) is 0 Å². The van der Waals surface area contributed by atoms with Crippen LogP contribution >= 0.6 is 0 Å². The molecule has 0 aliphatic carbocycles. The Bertz CT molecular complexity index is 162. The number of methoxy groups -OCH3 is 1. The second kappa shape index (κ2) is 5.13. The molecule has 0 amide bonds. The molecule has 0 saturated carbocycles. The standard InChI is InChI=1S/C12H25NO/c1-10(2)12(6-5-7-13-12)8-11(3)9-14-4/h10-11,13H,5-9H2,1-4H3. The van der Waals surface area contributed by atoms with Gasteiger partial charge in [0.25, 0.3) is 0 Å². The molecule has 0 aromatic heterocycles. The van der Waals surface area contributed by atoms with Gasteiger partial charge in [-0.05, 0) is 37.6 Å². The lowest BCUT2D eigenvalue weighted by atomic mass is 9.78. The van der Waals surface area contributed by atoms with E-state index >= 15 is 0 Å². The Morgan fingerprint density at radius 2 is 2.07 bits per heavy atom. The van der Waals surface area contributed by atoms with E-state index in [9.17, 15) is 0 Å². The predicted molar refractivity (Wildman–Crippen MR) is 60.5 cm³/mol. The molecule has 1 aliphatic heterocycles. The van der Waals surface area contributed by atoms with Crippen molar-refractivity contribution in [3.8, 4) is 0 Å². The molecule has 2 nitrogen and oxygen atoms in total. The van der Waals surface area contributed by atoms with Crippen LogP contribution in [0, 0.1) is 11.8 Å². The maximum absolute atomic E-state index is 5.21. The molecule has 0 bridgehead atoms. The van der Waals surface area contributed by atoms with Gasteiger partial charge in [-0.3, -0.25) is 0 Å². The summed E-state index contributed by atoms with van der Waals surface area (Å²) >= 11 is 0. The van der Waals surface area contributed by atoms with Crippen LogP contribution in [0.25, 0.3) is 0 Å². The molecule has 0 aromatic rings. The van der Waals surface area contributed by atoms with Crippen molar-refractivity contribution >= 4 is 0 Å².